The number of nitrogens with zero attached hydrogens (tertiary/aromatic N) is 1. The highest BCUT2D eigenvalue weighted by Gasteiger charge is 2.33. The lowest BCUT2D eigenvalue weighted by molar-refractivity contribution is -0.127. The van der Waals surface area contributed by atoms with Gasteiger partial charge in [0.25, 0.3) is 11.8 Å². The number of carbonyl (C=O) groups is 3. The number of piperidine rings is 1. The fourth-order valence-electron chi connectivity index (χ4n) is 4.70. The van der Waals surface area contributed by atoms with Crippen LogP contribution in [0.4, 0.5) is 0 Å². The van der Waals surface area contributed by atoms with Crippen molar-refractivity contribution in [2.45, 2.75) is 50.6 Å². The van der Waals surface area contributed by atoms with Crippen molar-refractivity contribution < 1.29 is 19.1 Å². The Labute approximate surface area is 198 Å². The van der Waals surface area contributed by atoms with Crippen molar-refractivity contribution in [3.63, 3.8) is 0 Å². The van der Waals surface area contributed by atoms with Gasteiger partial charge in [0.1, 0.15) is 5.75 Å². The summed E-state index contributed by atoms with van der Waals surface area (Å²) >= 11 is 1.43. The number of carbonyl (C=O) groups excluding carboxylic acids is 3. The Kier molecular flexibility index (Phi) is 7.65. The number of hydrogen-bond donors (Lipinski definition) is 2. The lowest BCUT2D eigenvalue weighted by Crippen LogP contribution is -2.55. The molecule has 1 saturated heterocycles. The van der Waals surface area contributed by atoms with Crippen LogP contribution in [0, 0.1) is 5.92 Å². The summed E-state index contributed by atoms with van der Waals surface area (Å²) in [4.78, 5) is 41.1. The molecule has 1 aromatic heterocycles. The summed E-state index contributed by atoms with van der Waals surface area (Å²) in [7, 11) is 1.59. The zero-order valence-corrected chi connectivity index (χ0v) is 19.7. The minimum Gasteiger partial charge on any atom is -0.497 e. The minimum atomic E-state index is -0.220. The number of nitrogens with one attached hydrogen (secondary N) is 2. The standard InChI is InChI=1S/C25H31N3O4S/c1-32-19-12-10-17(11-13-19)23(29)26-20-7-2-3-8-21(20)27-24(30)18-6-4-14-28(16-18)25(31)22-9-5-15-33-22/h5,9-13,15,18,20-21H,2-4,6-8,14,16H2,1H3,(H,26,29)(H,27,30)/t18?,20-,21-/m1/s1. The Hall–Kier alpha value is -2.87. The summed E-state index contributed by atoms with van der Waals surface area (Å²) in [6, 6.07) is 10.5. The largest absolute Gasteiger partial charge is 0.497 e. The first kappa shape index (κ1) is 23.3. The van der Waals surface area contributed by atoms with Crippen molar-refractivity contribution in [1.29, 1.82) is 0 Å². The number of rotatable bonds is 6. The Morgan fingerprint density at radius 1 is 0.970 bits per heavy atom. The average Bonchev–Trinajstić information content (AvgIpc) is 3.40. The lowest BCUT2D eigenvalue weighted by Gasteiger charge is -2.36. The number of methoxy groups -OCH3 is 1. The number of ether oxygens (including phenoxy) is 1. The van der Waals surface area contributed by atoms with Crippen LogP contribution in [-0.4, -0.2) is 54.9 Å². The quantitative estimate of drug-likeness (QED) is 0.678. The zero-order valence-electron chi connectivity index (χ0n) is 18.9. The van der Waals surface area contributed by atoms with E-state index in [1.165, 1.54) is 11.3 Å². The summed E-state index contributed by atoms with van der Waals surface area (Å²) in [6.07, 6.45) is 5.30. The second kappa shape index (κ2) is 10.8. The molecule has 2 fully saturated rings. The average molecular weight is 470 g/mol. The predicted octanol–water partition coefficient (Wildman–Crippen LogP) is 3.47. The van der Waals surface area contributed by atoms with Crippen LogP contribution in [0.3, 0.4) is 0 Å². The molecule has 1 aromatic carbocycles. The number of hydrogen-bond acceptors (Lipinski definition) is 5. The van der Waals surface area contributed by atoms with Gasteiger partial charge in [-0.3, -0.25) is 14.4 Å². The molecule has 2 N–H and O–H groups in total. The van der Waals surface area contributed by atoms with Gasteiger partial charge in [0, 0.05) is 30.7 Å². The van der Waals surface area contributed by atoms with E-state index in [9.17, 15) is 14.4 Å². The topological polar surface area (TPSA) is 87.7 Å². The second-order valence-corrected chi connectivity index (χ2v) is 9.72. The Bertz CT molecular complexity index is 961. The Morgan fingerprint density at radius 2 is 1.70 bits per heavy atom. The molecule has 1 saturated carbocycles. The van der Waals surface area contributed by atoms with Gasteiger partial charge in [0.05, 0.1) is 17.9 Å². The molecule has 0 radical (unpaired) electrons. The van der Waals surface area contributed by atoms with Gasteiger partial charge >= 0.3 is 0 Å². The number of amides is 3. The molecule has 7 nitrogen and oxygen atoms in total. The molecule has 2 aliphatic rings. The molecule has 4 rings (SSSR count). The van der Waals surface area contributed by atoms with E-state index in [-0.39, 0.29) is 35.7 Å². The molecule has 0 bridgehead atoms. The van der Waals surface area contributed by atoms with Gasteiger partial charge in [-0.25, -0.2) is 0 Å². The molecule has 1 aliphatic carbocycles. The normalized spacial score (nSPS) is 22.9. The van der Waals surface area contributed by atoms with Crippen LogP contribution in [0.15, 0.2) is 41.8 Å². The zero-order chi connectivity index (χ0) is 23.2. The molecular weight excluding hydrogens is 438 g/mol. The summed E-state index contributed by atoms with van der Waals surface area (Å²) in [5.41, 5.74) is 0.571. The van der Waals surface area contributed by atoms with Crippen molar-refractivity contribution in [3.8, 4) is 5.75 Å². The van der Waals surface area contributed by atoms with E-state index < -0.39 is 0 Å². The van der Waals surface area contributed by atoms with E-state index in [0.29, 0.717) is 29.3 Å². The minimum absolute atomic E-state index is 0.00444. The summed E-state index contributed by atoms with van der Waals surface area (Å²) in [5, 5.41) is 8.21. The molecule has 3 amide bonds. The van der Waals surface area contributed by atoms with Gasteiger partial charge in [0.2, 0.25) is 5.91 Å². The van der Waals surface area contributed by atoms with Crippen molar-refractivity contribution >= 4 is 29.1 Å². The summed E-state index contributed by atoms with van der Waals surface area (Å²) in [5.74, 6) is 0.323. The van der Waals surface area contributed by atoms with Crippen LogP contribution < -0.4 is 15.4 Å². The van der Waals surface area contributed by atoms with Crippen molar-refractivity contribution in [2.75, 3.05) is 20.2 Å². The Balaban J connectivity index is 1.35. The van der Waals surface area contributed by atoms with E-state index >= 15 is 0 Å². The molecular formula is C25H31N3O4S. The maximum atomic E-state index is 13.1. The fraction of sp³-hybridized carbons (Fsp3) is 0.480. The highest BCUT2D eigenvalue weighted by molar-refractivity contribution is 7.12. The van der Waals surface area contributed by atoms with E-state index in [0.717, 1.165) is 38.5 Å². The summed E-state index contributed by atoms with van der Waals surface area (Å²) < 4.78 is 5.16. The third-order valence-corrected chi connectivity index (χ3v) is 7.43. The van der Waals surface area contributed by atoms with Crippen LogP contribution in [-0.2, 0) is 4.79 Å². The van der Waals surface area contributed by atoms with Crippen LogP contribution in [0.5, 0.6) is 5.75 Å². The van der Waals surface area contributed by atoms with Crippen LogP contribution in [0.25, 0.3) is 0 Å². The van der Waals surface area contributed by atoms with Crippen LogP contribution in [0.2, 0.25) is 0 Å². The molecule has 1 unspecified atom stereocenters. The smallest absolute Gasteiger partial charge is 0.263 e. The van der Waals surface area contributed by atoms with Crippen molar-refractivity contribution in [1.82, 2.24) is 15.5 Å². The summed E-state index contributed by atoms with van der Waals surface area (Å²) in [6.45, 7) is 1.13. The number of thiophene rings is 1. The molecule has 176 valence electrons. The molecule has 2 heterocycles. The first-order valence-corrected chi connectivity index (χ1v) is 12.5. The monoisotopic (exact) mass is 469 g/mol. The van der Waals surface area contributed by atoms with Crippen LogP contribution >= 0.6 is 11.3 Å². The molecule has 33 heavy (non-hydrogen) atoms. The van der Waals surface area contributed by atoms with Gasteiger partial charge < -0.3 is 20.3 Å². The highest BCUT2D eigenvalue weighted by Crippen LogP contribution is 2.23. The van der Waals surface area contributed by atoms with Crippen LogP contribution in [0.1, 0.15) is 58.6 Å². The molecule has 2 aromatic rings. The molecule has 0 spiro atoms. The first-order chi connectivity index (χ1) is 16.0. The van der Waals surface area contributed by atoms with E-state index in [4.69, 9.17) is 4.74 Å². The number of likely N-dealkylation sites (tertiary alicyclic amines) is 1. The molecule has 8 heteroatoms. The maximum Gasteiger partial charge on any atom is 0.263 e. The third-order valence-electron chi connectivity index (χ3n) is 6.57. The van der Waals surface area contributed by atoms with Crippen molar-refractivity contribution in [3.05, 3.63) is 52.2 Å². The highest BCUT2D eigenvalue weighted by atomic mass is 32.1. The molecule has 3 atom stereocenters. The van der Waals surface area contributed by atoms with Gasteiger partial charge in [-0.15, -0.1) is 11.3 Å². The van der Waals surface area contributed by atoms with Gasteiger partial charge in [-0.05, 0) is 61.4 Å². The SMILES string of the molecule is COc1ccc(C(=O)N[C@@H]2CCCC[C@H]2NC(=O)C2CCCN(C(=O)c3cccs3)C2)cc1. The predicted molar refractivity (Wildman–Crippen MR) is 128 cm³/mol. The van der Waals surface area contributed by atoms with E-state index in [1.807, 2.05) is 17.5 Å². The van der Waals surface area contributed by atoms with E-state index in [1.54, 1.807) is 36.3 Å². The van der Waals surface area contributed by atoms with Crippen molar-refractivity contribution in [2.24, 2.45) is 5.92 Å². The molecule has 1 aliphatic heterocycles. The third kappa shape index (κ3) is 5.74. The van der Waals surface area contributed by atoms with Gasteiger partial charge in [-0.2, -0.15) is 0 Å². The first-order valence-electron chi connectivity index (χ1n) is 11.6. The Morgan fingerprint density at radius 3 is 2.36 bits per heavy atom. The van der Waals surface area contributed by atoms with Gasteiger partial charge in [0.15, 0.2) is 0 Å². The second-order valence-electron chi connectivity index (χ2n) is 8.78. The lowest BCUT2D eigenvalue weighted by atomic mass is 9.88. The maximum absolute atomic E-state index is 13.1. The number of benzene rings is 1. The van der Waals surface area contributed by atoms with E-state index in [2.05, 4.69) is 10.6 Å². The van der Waals surface area contributed by atoms with Gasteiger partial charge in [-0.1, -0.05) is 18.9 Å². The fourth-order valence-corrected chi connectivity index (χ4v) is 5.39.